The fourth-order valence-electron chi connectivity index (χ4n) is 11.4. The summed E-state index contributed by atoms with van der Waals surface area (Å²) in [6.45, 7) is 9.76. The highest BCUT2D eigenvalue weighted by molar-refractivity contribution is 6.36. The molecule has 5 aromatic rings. The van der Waals surface area contributed by atoms with Crippen LogP contribution in [0.1, 0.15) is 82.2 Å². The van der Waals surface area contributed by atoms with E-state index in [0.717, 1.165) is 17.5 Å². The van der Waals surface area contributed by atoms with E-state index in [9.17, 15) is 9.18 Å². The lowest BCUT2D eigenvalue weighted by Gasteiger charge is -2.48. The minimum Gasteiger partial charge on any atom is -0.497 e. The Kier molecular flexibility index (Phi) is 12.5. The Morgan fingerprint density at radius 3 is 2.23 bits per heavy atom. The molecule has 8 heterocycles. The molecule has 0 unspecified atom stereocenters. The predicted octanol–water partition coefficient (Wildman–Crippen LogP) is 10.1. The number of pyridine rings is 2. The Balaban J connectivity index is 1.15. The number of hydrogen-bond acceptors (Lipinski definition) is 13. The van der Waals surface area contributed by atoms with Gasteiger partial charge in [0.25, 0.3) is 0 Å². The third-order valence-corrected chi connectivity index (χ3v) is 14.9. The van der Waals surface area contributed by atoms with E-state index in [-0.39, 0.29) is 74.2 Å². The molecule has 3 aromatic heterocycles. The van der Waals surface area contributed by atoms with Gasteiger partial charge in [0.2, 0.25) is 5.88 Å². The predicted molar refractivity (Wildman–Crippen MR) is 256 cm³/mol. The molecule has 10 rings (SSSR count). The van der Waals surface area contributed by atoms with Crippen molar-refractivity contribution >= 4 is 40.2 Å². The molecule has 4 fully saturated rings. The van der Waals surface area contributed by atoms with Gasteiger partial charge in [-0.1, -0.05) is 35.9 Å². The van der Waals surface area contributed by atoms with Gasteiger partial charge in [-0.2, -0.15) is 23.1 Å². The molecule has 0 spiro atoms. The van der Waals surface area contributed by atoms with E-state index < -0.39 is 86.6 Å². The summed E-state index contributed by atoms with van der Waals surface area (Å²) in [6, 6.07) is 12.7. The molecular weight excluding hydrogens is 951 g/mol. The standard InChI is InChI=1S/C51H56ClF5N8O6/c1-27-38(51(55,56)57)36(39(52)45(58-27)62(22-29-9-14-33(67-6)15-10-29)23-30-11-16-34(68-7)17-12-30)41-40(54)42-37-44(61-47(60-42)69-26-50-19-8-20-63(50)24-31(53)21-50)64-25-32-13-18-35(43(64)28(2)70-46(37)59-41)65(32)48(66)71-49(3,4)5/h9-12,14-17,28,31-32,35,43H,8,13,18-26H2,1-7H3/t28-,31+,32+,35-,43+,50-/m0/s1. The lowest BCUT2D eigenvalue weighted by molar-refractivity contribution is -0.137. The number of benzene rings is 2. The van der Waals surface area contributed by atoms with Crippen molar-refractivity contribution < 1.29 is 50.4 Å². The molecule has 4 saturated heterocycles. The van der Waals surface area contributed by atoms with E-state index in [2.05, 4.69) is 19.9 Å². The van der Waals surface area contributed by atoms with E-state index in [1.165, 1.54) is 6.92 Å². The number of piperazine rings is 1. The van der Waals surface area contributed by atoms with Crippen LogP contribution in [0, 0.1) is 12.7 Å². The van der Waals surface area contributed by atoms with Gasteiger partial charge in [0.15, 0.2) is 5.82 Å². The fourth-order valence-corrected chi connectivity index (χ4v) is 11.8. The number of carbonyl (C=O) groups excluding carboxylic acids is 1. The van der Waals surface area contributed by atoms with E-state index >= 15 is 17.6 Å². The highest BCUT2D eigenvalue weighted by Gasteiger charge is 2.55. The SMILES string of the molecule is COc1ccc(CN(Cc2ccc(OC)cc2)c2nc(C)c(C(F)(F)F)c(-c3nc4c5c(nc(OC[C@@]67CCCN6C[C@H](F)C7)nc5c3F)N3C[C@H]5CC[C@@H]([C@H]3[C@H](C)O4)N5C(=O)OC(C)(C)C)c2Cl)cc1. The van der Waals surface area contributed by atoms with Gasteiger partial charge in [0.05, 0.1) is 54.2 Å². The Morgan fingerprint density at radius 2 is 1.61 bits per heavy atom. The third-order valence-electron chi connectivity index (χ3n) is 14.5. The molecule has 20 heteroatoms. The molecule has 378 valence electrons. The number of methoxy groups -OCH3 is 2. The molecule has 1 amide bonds. The fraction of sp³-hybridized carbons (Fsp3) is 0.510. The van der Waals surface area contributed by atoms with E-state index in [4.69, 9.17) is 40.3 Å². The number of ether oxygens (including phenoxy) is 5. The van der Waals surface area contributed by atoms with Crippen molar-refractivity contribution in [3.05, 3.63) is 81.8 Å². The normalized spacial score (nSPS) is 23.8. The summed E-state index contributed by atoms with van der Waals surface area (Å²) in [5.74, 6) is -0.137. The van der Waals surface area contributed by atoms with Crippen LogP contribution in [0.15, 0.2) is 48.5 Å². The molecule has 0 N–H and O–H groups in total. The second-order valence-electron chi connectivity index (χ2n) is 20.3. The van der Waals surface area contributed by atoms with Crippen LogP contribution >= 0.6 is 11.6 Å². The smallest absolute Gasteiger partial charge is 0.418 e. The van der Waals surface area contributed by atoms with Crippen LogP contribution in [0.5, 0.6) is 23.4 Å². The summed E-state index contributed by atoms with van der Waals surface area (Å²) in [5, 5.41) is -0.500. The number of carbonyl (C=O) groups is 1. The van der Waals surface area contributed by atoms with Gasteiger partial charge in [0.1, 0.15) is 64.2 Å². The van der Waals surface area contributed by atoms with Crippen molar-refractivity contribution in [3.63, 3.8) is 0 Å². The number of alkyl halides is 4. The number of aryl methyl sites for hydroxylation is 1. The first-order valence-electron chi connectivity index (χ1n) is 23.9. The molecule has 5 aliphatic rings. The van der Waals surface area contributed by atoms with Crippen molar-refractivity contribution in [2.24, 2.45) is 0 Å². The summed E-state index contributed by atoms with van der Waals surface area (Å²) >= 11 is 7.28. The van der Waals surface area contributed by atoms with Crippen LogP contribution < -0.4 is 28.7 Å². The van der Waals surface area contributed by atoms with Gasteiger partial charge in [-0.05, 0) is 102 Å². The molecule has 14 nitrogen and oxygen atoms in total. The number of rotatable bonds is 11. The molecule has 5 aliphatic heterocycles. The summed E-state index contributed by atoms with van der Waals surface area (Å²) in [4.78, 5) is 40.0. The Bertz CT molecular complexity index is 2810. The zero-order valence-electron chi connectivity index (χ0n) is 40.6. The number of nitrogens with zero attached hydrogens (tertiary/aromatic N) is 8. The Hall–Kier alpha value is -5.95. The van der Waals surface area contributed by atoms with Crippen molar-refractivity contribution in [2.75, 3.05) is 50.3 Å². The van der Waals surface area contributed by atoms with Crippen molar-refractivity contribution in [2.45, 2.75) is 128 Å². The molecule has 2 aromatic carbocycles. The van der Waals surface area contributed by atoms with Gasteiger partial charge < -0.3 is 33.5 Å². The number of anilines is 2. The second kappa shape index (κ2) is 18.3. The second-order valence-corrected chi connectivity index (χ2v) is 20.7. The maximum Gasteiger partial charge on any atom is 0.418 e. The van der Waals surface area contributed by atoms with Crippen molar-refractivity contribution in [1.29, 1.82) is 0 Å². The van der Waals surface area contributed by atoms with Crippen molar-refractivity contribution in [3.8, 4) is 34.6 Å². The van der Waals surface area contributed by atoms with Crippen molar-refractivity contribution in [1.82, 2.24) is 29.7 Å². The van der Waals surface area contributed by atoms with Gasteiger partial charge in [-0.3, -0.25) is 9.80 Å². The minimum atomic E-state index is -5.10. The Labute approximate surface area is 413 Å². The first-order valence-corrected chi connectivity index (χ1v) is 24.3. The monoisotopic (exact) mass is 1010 g/mol. The molecule has 0 aliphatic carbocycles. The van der Waals surface area contributed by atoms with Gasteiger partial charge in [-0.15, -0.1) is 0 Å². The topological polar surface area (TPSA) is 128 Å². The maximum atomic E-state index is 18.2. The van der Waals surface area contributed by atoms with E-state index in [1.807, 2.05) is 29.2 Å². The van der Waals surface area contributed by atoms with Gasteiger partial charge in [0, 0.05) is 38.2 Å². The van der Waals surface area contributed by atoms with Crippen LogP contribution in [-0.2, 0) is 24.0 Å². The number of hydrogen-bond donors (Lipinski definition) is 0. The highest BCUT2D eigenvalue weighted by atomic mass is 35.5. The number of amides is 1. The highest BCUT2D eigenvalue weighted by Crippen LogP contribution is 2.51. The van der Waals surface area contributed by atoms with Crippen LogP contribution in [-0.4, -0.2) is 118 Å². The first-order chi connectivity index (χ1) is 33.8. The zero-order chi connectivity index (χ0) is 50.3. The third kappa shape index (κ3) is 8.94. The maximum absolute atomic E-state index is 18.2. The summed E-state index contributed by atoms with van der Waals surface area (Å²) < 4.78 is 110. The average Bonchev–Trinajstić information content (AvgIpc) is 3.93. The quantitative estimate of drug-likeness (QED) is 0.117. The zero-order valence-corrected chi connectivity index (χ0v) is 41.3. The van der Waals surface area contributed by atoms with E-state index in [1.54, 1.807) is 76.0 Å². The Morgan fingerprint density at radius 1 is 0.944 bits per heavy atom. The van der Waals surface area contributed by atoms with Crippen LogP contribution in [0.25, 0.3) is 22.2 Å². The lowest BCUT2D eigenvalue weighted by atomic mass is 9.95. The van der Waals surface area contributed by atoms with Gasteiger partial charge >= 0.3 is 18.3 Å². The summed E-state index contributed by atoms with van der Waals surface area (Å²) in [5.41, 5.74) is -3.64. The molecular formula is C51H56ClF5N8O6. The van der Waals surface area contributed by atoms with Crippen LogP contribution in [0.2, 0.25) is 5.02 Å². The van der Waals surface area contributed by atoms with E-state index in [0.29, 0.717) is 37.3 Å². The number of halogens is 6. The largest absolute Gasteiger partial charge is 0.497 e. The lowest BCUT2D eigenvalue weighted by Crippen LogP contribution is -2.65. The van der Waals surface area contributed by atoms with Crippen LogP contribution in [0.3, 0.4) is 0 Å². The summed E-state index contributed by atoms with van der Waals surface area (Å²) in [6.07, 6.45) is -4.49. The van der Waals surface area contributed by atoms with Gasteiger partial charge in [-0.25, -0.2) is 23.5 Å². The van der Waals surface area contributed by atoms with Crippen LogP contribution in [0.4, 0.5) is 38.4 Å². The number of fused-ring (bicyclic) bond motifs is 6. The summed E-state index contributed by atoms with van der Waals surface area (Å²) in [7, 11) is 3.08. The molecule has 71 heavy (non-hydrogen) atoms. The molecule has 0 radical (unpaired) electrons. The minimum absolute atomic E-state index is 0.00598. The first kappa shape index (κ1) is 48.7. The average molecular weight is 1010 g/mol. The molecule has 2 bridgehead atoms. The molecule has 6 atom stereocenters. The molecule has 0 saturated carbocycles. The number of aromatic nitrogens is 4.